The van der Waals surface area contributed by atoms with Gasteiger partial charge in [-0.15, -0.1) is 0 Å². The van der Waals surface area contributed by atoms with Crippen molar-refractivity contribution in [2.45, 2.75) is 0 Å². The highest BCUT2D eigenvalue weighted by Crippen LogP contribution is 2.27. The van der Waals surface area contributed by atoms with Gasteiger partial charge in [-0.05, 0) is 35.9 Å². The summed E-state index contributed by atoms with van der Waals surface area (Å²) in [5.41, 5.74) is 3.94. The van der Waals surface area contributed by atoms with Crippen molar-refractivity contribution in [1.29, 1.82) is 0 Å². The quantitative estimate of drug-likeness (QED) is 0.682. The molecule has 86 valence electrons. The topological polar surface area (TPSA) is 38.7 Å². The second-order valence-corrected chi connectivity index (χ2v) is 3.85. The lowest BCUT2D eigenvalue weighted by molar-refractivity contribution is 1.24. The third-order valence-corrected chi connectivity index (χ3v) is 2.71. The molecule has 18 heavy (non-hydrogen) atoms. The Bertz CT molecular complexity index is 578. The van der Waals surface area contributed by atoms with Gasteiger partial charge in [-0.25, -0.2) is 0 Å². The van der Waals surface area contributed by atoms with Gasteiger partial charge < -0.3 is 0 Å². The number of rotatable bonds is 2. The van der Waals surface area contributed by atoms with E-state index in [9.17, 15) is 0 Å². The van der Waals surface area contributed by atoms with E-state index < -0.39 is 0 Å². The molecule has 3 nitrogen and oxygen atoms in total. The van der Waals surface area contributed by atoms with Crippen molar-refractivity contribution >= 4 is 0 Å². The summed E-state index contributed by atoms with van der Waals surface area (Å²) in [6.45, 7) is 0. The van der Waals surface area contributed by atoms with Crippen molar-refractivity contribution in [3.8, 4) is 22.5 Å². The molecule has 0 unspecified atom stereocenters. The van der Waals surface area contributed by atoms with Crippen molar-refractivity contribution in [2.24, 2.45) is 0 Å². The highest BCUT2D eigenvalue weighted by Gasteiger charge is 2.08. The van der Waals surface area contributed by atoms with Crippen LogP contribution in [0.25, 0.3) is 22.5 Å². The van der Waals surface area contributed by atoms with Crippen LogP contribution >= 0.6 is 0 Å². The fraction of sp³-hybridized carbons (Fsp3) is 0. The van der Waals surface area contributed by atoms with Gasteiger partial charge in [0.05, 0.1) is 11.4 Å². The van der Waals surface area contributed by atoms with Crippen molar-refractivity contribution < 1.29 is 0 Å². The first-order chi connectivity index (χ1) is 8.95. The number of aromatic nitrogens is 3. The lowest BCUT2D eigenvalue weighted by Gasteiger charge is -2.07. The van der Waals surface area contributed by atoms with Gasteiger partial charge in [-0.1, -0.05) is 12.1 Å². The molecule has 3 rings (SSSR count). The van der Waals surface area contributed by atoms with Crippen LogP contribution in [-0.2, 0) is 0 Å². The van der Waals surface area contributed by atoms with Crippen LogP contribution in [0.1, 0.15) is 0 Å². The van der Waals surface area contributed by atoms with Crippen LogP contribution in [0.15, 0.2) is 67.3 Å². The Balaban J connectivity index is 2.18. The molecule has 0 radical (unpaired) electrons. The molecule has 3 heterocycles. The number of hydrogen-bond acceptors (Lipinski definition) is 3. The van der Waals surface area contributed by atoms with E-state index in [-0.39, 0.29) is 0 Å². The first kappa shape index (κ1) is 10.6. The van der Waals surface area contributed by atoms with Gasteiger partial charge in [0.25, 0.3) is 0 Å². The number of pyridine rings is 3. The highest BCUT2D eigenvalue weighted by molar-refractivity contribution is 5.78. The summed E-state index contributed by atoms with van der Waals surface area (Å²) < 4.78 is 0. The van der Waals surface area contributed by atoms with Gasteiger partial charge in [0.2, 0.25) is 0 Å². The molecule has 0 N–H and O–H groups in total. The van der Waals surface area contributed by atoms with Crippen molar-refractivity contribution in [1.82, 2.24) is 15.0 Å². The maximum atomic E-state index is 4.44. The minimum absolute atomic E-state index is 0.880. The molecule has 3 aromatic rings. The second-order valence-electron chi connectivity index (χ2n) is 3.85. The van der Waals surface area contributed by atoms with Crippen LogP contribution in [-0.4, -0.2) is 15.0 Å². The zero-order valence-corrected chi connectivity index (χ0v) is 9.69. The van der Waals surface area contributed by atoms with Crippen LogP contribution in [0.2, 0.25) is 0 Å². The lowest BCUT2D eigenvalue weighted by atomic mass is 10.0. The van der Waals surface area contributed by atoms with E-state index in [1.54, 1.807) is 24.8 Å². The molecule has 0 saturated carbocycles. The van der Waals surface area contributed by atoms with Crippen LogP contribution in [0, 0.1) is 0 Å². The van der Waals surface area contributed by atoms with Crippen molar-refractivity contribution in [3.63, 3.8) is 0 Å². The Hall–Kier alpha value is -2.55. The molecule has 0 bridgehead atoms. The highest BCUT2D eigenvalue weighted by atomic mass is 14.8. The molecular weight excluding hydrogens is 222 g/mol. The Kier molecular flexibility index (Phi) is 2.80. The largest absolute Gasteiger partial charge is 0.265 e. The molecular formula is C15H11N3. The normalized spacial score (nSPS) is 10.2. The van der Waals surface area contributed by atoms with E-state index in [0.29, 0.717) is 0 Å². The molecule has 0 atom stereocenters. The lowest BCUT2D eigenvalue weighted by Crippen LogP contribution is -1.90. The van der Waals surface area contributed by atoms with Crippen LogP contribution in [0.5, 0.6) is 0 Å². The Morgan fingerprint density at radius 3 is 2.28 bits per heavy atom. The van der Waals surface area contributed by atoms with Crippen LogP contribution < -0.4 is 0 Å². The van der Waals surface area contributed by atoms with E-state index in [2.05, 4.69) is 15.0 Å². The molecule has 0 aliphatic heterocycles. The summed E-state index contributed by atoms with van der Waals surface area (Å²) in [5.74, 6) is 0. The molecule has 0 aromatic carbocycles. The summed E-state index contributed by atoms with van der Waals surface area (Å²) in [5, 5.41) is 0. The van der Waals surface area contributed by atoms with Crippen molar-refractivity contribution in [2.75, 3.05) is 0 Å². The fourth-order valence-electron chi connectivity index (χ4n) is 1.88. The summed E-state index contributed by atoms with van der Waals surface area (Å²) in [4.78, 5) is 12.8. The Morgan fingerprint density at radius 2 is 1.50 bits per heavy atom. The van der Waals surface area contributed by atoms with Crippen LogP contribution in [0.3, 0.4) is 0 Å². The van der Waals surface area contributed by atoms with E-state index in [1.807, 2.05) is 42.5 Å². The third-order valence-electron chi connectivity index (χ3n) is 2.71. The Labute approximate surface area is 105 Å². The van der Waals surface area contributed by atoms with Crippen molar-refractivity contribution in [3.05, 3.63) is 67.3 Å². The van der Waals surface area contributed by atoms with E-state index in [1.165, 1.54) is 0 Å². The fourth-order valence-corrected chi connectivity index (χ4v) is 1.88. The van der Waals surface area contributed by atoms with Gasteiger partial charge in [0, 0.05) is 30.4 Å². The zero-order chi connectivity index (χ0) is 12.2. The summed E-state index contributed by atoms with van der Waals surface area (Å²) in [6.07, 6.45) is 7.13. The first-order valence-corrected chi connectivity index (χ1v) is 5.72. The van der Waals surface area contributed by atoms with Gasteiger partial charge >= 0.3 is 0 Å². The average molecular weight is 233 g/mol. The molecule has 0 amide bonds. The maximum absolute atomic E-state index is 4.44. The van der Waals surface area contributed by atoms with Gasteiger partial charge in [-0.3, -0.25) is 15.0 Å². The smallest absolute Gasteiger partial charge is 0.0964 e. The first-order valence-electron chi connectivity index (χ1n) is 5.72. The second kappa shape index (κ2) is 4.75. The molecule has 0 aliphatic carbocycles. The zero-order valence-electron chi connectivity index (χ0n) is 9.69. The molecule has 0 saturated heterocycles. The molecule has 3 heteroatoms. The molecule has 0 aliphatic rings. The molecule has 0 fully saturated rings. The SMILES string of the molecule is c1ccc(-c2ncccc2-c2ccncc2)nc1. The molecule has 0 spiro atoms. The number of hydrogen-bond donors (Lipinski definition) is 0. The summed E-state index contributed by atoms with van der Waals surface area (Å²) >= 11 is 0. The van der Waals surface area contributed by atoms with Crippen LogP contribution in [0.4, 0.5) is 0 Å². The predicted octanol–water partition coefficient (Wildman–Crippen LogP) is 3.21. The number of nitrogens with zero attached hydrogens (tertiary/aromatic N) is 3. The van der Waals surface area contributed by atoms with Gasteiger partial charge in [0.1, 0.15) is 0 Å². The van der Waals surface area contributed by atoms with E-state index >= 15 is 0 Å². The standard InChI is InChI=1S/C15H11N3/c1-2-8-17-14(5-1)15-13(4-3-9-18-15)12-6-10-16-11-7-12/h1-11H. The van der Waals surface area contributed by atoms with E-state index in [0.717, 1.165) is 22.5 Å². The maximum Gasteiger partial charge on any atom is 0.0964 e. The summed E-state index contributed by atoms with van der Waals surface area (Å²) in [6, 6.07) is 13.8. The van der Waals surface area contributed by atoms with Gasteiger partial charge in [-0.2, -0.15) is 0 Å². The molecule has 3 aromatic heterocycles. The monoisotopic (exact) mass is 233 g/mol. The minimum atomic E-state index is 0.880. The predicted molar refractivity (Wildman–Crippen MR) is 70.7 cm³/mol. The average Bonchev–Trinajstić information content (AvgIpc) is 2.49. The summed E-state index contributed by atoms with van der Waals surface area (Å²) in [7, 11) is 0. The Morgan fingerprint density at radius 1 is 0.667 bits per heavy atom. The third kappa shape index (κ3) is 1.98. The minimum Gasteiger partial charge on any atom is -0.265 e. The van der Waals surface area contributed by atoms with Gasteiger partial charge in [0.15, 0.2) is 0 Å². The van der Waals surface area contributed by atoms with E-state index in [4.69, 9.17) is 0 Å².